The molecule has 1 atom stereocenters. The van der Waals surface area contributed by atoms with E-state index in [9.17, 15) is 19.5 Å². The molecule has 5 rings (SSSR count). The van der Waals surface area contributed by atoms with E-state index in [0.29, 0.717) is 43.2 Å². The highest BCUT2D eigenvalue weighted by atomic mass is 127. The number of thiazole rings is 1. The number of halogens is 1. The van der Waals surface area contributed by atoms with Gasteiger partial charge in [0.15, 0.2) is 16.3 Å². The van der Waals surface area contributed by atoms with Crippen LogP contribution in [0.25, 0.3) is 6.08 Å². The first-order chi connectivity index (χ1) is 22.0. The van der Waals surface area contributed by atoms with E-state index in [1.165, 1.54) is 24.5 Å². The fourth-order valence-corrected chi connectivity index (χ4v) is 7.26. The van der Waals surface area contributed by atoms with Crippen molar-refractivity contribution in [2.75, 3.05) is 13.4 Å². The second-order valence-corrected chi connectivity index (χ2v) is 13.7. The molecule has 1 aromatic heterocycles. The number of ether oxygens (including phenoxy) is 3. The zero-order valence-electron chi connectivity index (χ0n) is 25.7. The number of aromatic carboxylic acids is 1. The summed E-state index contributed by atoms with van der Waals surface area (Å²) in [5.74, 6) is -0.555. The highest BCUT2D eigenvalue weighted by molar-refractivity contribution is 14.1. The Morgan fingerprint density at radius 2 is 1.89 bits per heavy atom. The molecule has 0 unspecified atom stereocenters. The Hall–Kier alpha value is -3.88. The molecule has 0 aliphatic carbocycles. The minimum atomic E-state index is -1.01. The number of aromatic nitrogens is 1. The van der Waals surface area contributed by atoms with E-state index in [0.717, 1.165) is 14.0 Å². The first kappa shape index (κ1) is 33.5. The SMILES string of the molecule is COc1cc(/C=c2/sc3n(c2=O)[C@H](c2ccc(SC)cc2)C(C(=O)OC(C)C)=C(C)N=3)cc(I)c1OCc1cccc(C(=O)O)c1. The van der Waals surface area contributed by atoms with Crippen molar-refractivity contribution >= 4 is 63.7 Å². The first-order valence-electron chi connectivity index (χ1n) is 14.2. The molecule has 0 bridgehead atoms. The highest BCUT2D eigenvalue weighted by Gasteiger charge is 2.33. The number of methoxy groups -OCH3 is 1. The summed E-state index contributed by atoms with van der Waals surface area (Å²) >= 11 is 5.00. The lowest BCUT2D eigenvalue weighted by molar-refractivity contribution is -0.143. The van der Waals surface area contributed by atoms with Crippen LogP contribution in [0.2, 0.25) is 0 Å². The average Bonchev–Trinajstić information content (AvgIpc) is 3.32. The van der Waals surface area contributed by atoms with E-state index in [1.54, 1.807) is 67.4 Å². The monoisotopic (exact) mass is 770 g/mol. The number of thioether (sulfide) groups is 1. The third-order valence-corrected chi connectivity index (χ3v) is 9.65. The number of carbonyl (C=O) groups excluding carboxylic acids is 1. The summed E-state index contributed by atoms with van der Waals surface area (Å²) in [6.07, 6.45) is 3.42. The third-order valence-electron chi connectivity index (χ3n) is 7.12. The minimum Gasteiger partial charge on any atom is -0.493 e. The fourth-order valence-electron chi connectivity index (χ4n) is 5.03. The van der Waals surface area contributed by atoms with Crippen LogP contribution in [-0.2, 0) is 16.1 Å². The van der Waals surface area contributed by atoms with Crippen molar-refractivity contribution in [2.24, 2.45) is 4.99 Å². The number of nitrogens with zero attached hydrogens (tertiary/aromatic N) is 2. The molecule has 0 amide bonds. The lowest BCUT2D eigenvalue weighted by atomic mass is 9.96. The van der Waals surface area contributed by atoms with Crippen LogP contribution in [0.4, 0.5) is 0 Å². The Balaban J connectivity index is 1.55. The van der Waals surface area contributed by atoms with Crippen LogP contribution < -0.4 is 24.4 Å². The molecule has 238 valence electrons. The maximum atomic E-state index is 14.1. The van der Waals surface area contributed by atoms with E-state index in [1.807, 2.05) is 36.6 Å². The Kier molecular flexibility index (Phi) is 10.4. The maximum absolute atomic E-state index is 14.1. The van der Waals surface area contributed by atoms with E-state index < -0.39 is 18.0 Å². The predicted octanol–water partition coefficient (Wildman–Crippen LogP) is 5.80. The second-order valence-electron chi connectivity index (χ2n) is 10.6. The molecular formula is C34H31IN2O7S2. The summed E-state index contributed by atoms with van der Waals surface area (Å²) in [5.41, 5.74) is 2.92. The number of carboxylic acids is 1. The van der Waals surface area contributed by atoms with Gasteiger partial charge in [0.05, 0.1) is 44.2 Å². The van der Waals surface area contributed by atoms with Gasteiger partial charge >= 0.3 is 11.9 Å². The minimum absolute atomic E-state index is 0.143. The lowest BCUT2D eigenvalue weighted by Crippen LogP contribution is -2.40. The summed E-state index contributed by atoms with van der Waals surface area (Å²) in [6, 6.07) is 17.3. The summed E-state index contributed by atoms with van der Waals surface area (Å²) in [6.45, 7) is 5.48. The number of allylic oxidation sites excluding steroid dienone is 1. The largest absolute Gasteiger partial charge is 0.493 e. The van der Waals surface area contributed by atoms with Gasteiger partial charge in [-0.25, -0.2) is 14.6 Å². The van der Waals surface area contributed by atoms with Gasteiger partial charge < -0.3 is 19.3 Å². The zero-order valence-corrected chi connectivity index (χ0v) is 29.5. The van der Waals surface area contributed by atoms with Gasteiger partial charge in [-0.1, -0.05) is 35.6 Å². The smallest absolute Gasteiger partial charge is 0.338 e. The van der Waals surface area contributed by atoms with Crippen LogP contribution >= 0.6 is 45.7 Å². The van der Waals surface area contributed by atoms with Crippen molar-refractivity contribution in [1.29, 1.82) is 0 Å². The molecule has 46 heavy (non-hydrogen) atoms. The quantitative estimate of drug-likeness (QED) is 0.122. The van der Waals surface area contributed by atoms with Crippen LogP contribution in [0, 0.1) is 3.57 Å². The topological polar surface area (TPSA) is 116 Å². The standard InChI is InChI=1S/C34H31IN2O7S2/c1-18(2)44-33(41)28-19(3)36-34-37(29(28)22-9-11-24(45-5)12-10-22)31(38)27(46-34)16-21-14-25(35)30(26(15-21)42-4)43-17-20-7-6-8-23(13-20)32(39)40/h6-16,18,29H,17H2,1-5H3,(H,39,40)/b27-16+/t29-/m1/s1. The molecule has 9 nitrogen and oxygen atoms in total. The molecule has 3 aromatic carbocycles. The lowest BCUT2D eigenvalue weighted by Gasteiger charge is -2.25. The zero-order chi connectivity index (χ0) is 33.1. The number of esters is 1. The van der Waals surface area contributed by atoms with Crippen LogP contribution in [0.5, 0.6) is 11.5 Å². The van der Waals surface area contributed by atoms with E-state index in [4.69, 9.17) is 14.2 Å². The summed E-state index contributed by atoms with van der Waals surface area (Å²) in [7, 11) is 1.53. The Morgan fingerprint density at radius 3 is 2.54 bits per heavy atom. The highest BCUT2D eigenvalue weighted by Crippen LogP contribution is 2.35. The second kappa shape index (κ2) is 14.3. The van der Waals surface area contributed by atoms with Gasteiger partial charge in [0, 0.05) is 4.90 Å². The number of fused-ring (bicyclic) bond motifs is 1. The van der Waals surface area contributed by atoms with Crippen LogP contribution in [-0.4, -0.2) is 41.1 Å². The van der Waals surface area contributed by atoms with E-state index in [2.05, 4.69) is 27.6 Å². The Bertz CT molecular complexity index is 2030. The fraction of sp³-hybridized carbons (Fsp3) is 0.235. The van der Waals surface area contributed by atoms with Crippen molar-refractivity contribution in [3.63, 3.8) is 0 Å². The van der Waals surface area contributed by atoms with Gasteiger partial charge in [-0.3, -0.25) is 9.36 Å². The average molecular weight is 771 g/mol. The van der Waals surface area contributed by atoms with Crippen LogP contribution in [0.1, 0.15) is 53.9 Å². The molecule has 0 fully saturated rings. The predicted molar refractivity (Wildman–Crippen MR) is 187 cm³/mol. The molecule has 1 N–H and O–H groups in total. The molecule has 0 spiro atoms. The molecule has 2 heterocycles. The van der Waals surface area contributed by atoms with Crippen molar-refractivity contribution in [2.45, 2.75) is 44.4 Å². The van der Waals surface area contributed by atoms with E-state index in [-0.39, 0.29) is 23.8 Å². The number of benzene rings is 3. The molecule has 1 aliphatic rings. The molecule has 0 radical (unpaired) electrons. The molecule has 0 saturated heterocycles. The van der Waals surface area contributed by atoms with Crippen LogP contribution in [0.15, 0.2) is 86.6 Å². The summed E-state index contributed by atoms with van der Waals surface area (Å²) in [4.78, 5) is 45.0. The summed E-state index contributed by atoms with van der Waals surface area (Å²) < 4.78 is 20.0. The maximum Gasteiger partial charge on any atom is 0.338 e. The van der Waals surface area contributed by atoms with Crippen molar-refractivity contribution in [3.8, 4) is 11.5 Å². The van der Waals surface area contributed by atoms with Gasteiger partial charge in [-0.2, -0.15) is 0 Å². The molecule has 1 aliphatic heterocycles. The Labute approximate surface area is 287 Å². The number of rotatable bonds is 10. The number of hydrogen-bond donors (Lipinski definition) is 1. The molecule has 0 saturated carbocycles. The van der Waals surface area contributed by atoms with Gasteiger partial charge in [0.2, 0.25) is 0 Å². The molecule has 12 heteroatoms. The van der Waals surface area contributed by atoms with Gasteiger partial charge in [0.1, 0.15) is 6.61 Å². The van der Waals surface area contributed by atoms with Gasteiger partial charge in [0.25, 0.3) is 5.56 Å². The molecule has 4 aromatic rings. The van der Waals surface area contributed by atoms with E-state index >= 15 is 0 Å². The van der Waals surface area contributed by atoms with Gasteiger partial charge in [-0.05, 0) is 109 Å². The van der Waals surface area contributed by atoms with Crippen molar-refractivity contribution in [3.05, 3.63) is 117 Å². The summed E-state index contributed by atoms with van der Waals surface area (Å²) in [5, 5.41) is 9.30. The van der Waals surface area contributed by atoms with Crippen molar-refractivity contribution in [1.82, 2.24) is 4.57 Å². The first-order valence-corrected chi connectivity index (χ1v) is 17.3. The number of hydrogen-bond acceptors (Lipinski definition) is 9. The van der Waals surface area contributed by atoms with Crippen LogP contribution in [0.3, 0.4) is 0 Å². The van der Waals surface area contributed by atoms with Crippen molar-refractivity contribution < 1.29 is 28.9 Å². The number of carboxylic acid groups (broad SMARTS) is 1. The normalized spacial score (nSPS) is 14.6. The third kappa shape index (κ3) is 7.08. The number of carbonyl (C=O) groups is 2. The molecular weight excluding hydrogens is 739 g/mol. The Morgan fingerprint density at radius 1 is 1.15 bits per heavy atom. The van der Waals surface area contributed by atoms with Gasteiger partial charge in [-0.15, -0.1) is 11.8 Å².